The number of nitrogens with one attached hydrogen (secondary N) is 1. The molecule has 2 heterocycles. The molecule has 3 aromatic rings. The first kappa shape index (κ1) is 24.2. The summed E-state index contributed by atoms with van der Waals surface area (Å²) in [5, 5.41) is 2.86. The van der Waals surface area contributed by atoms with Crippen molar-refractivity contribution in [2.45, 2.75) is 38.9 Å². The highest BCUT2D eigenvalue weighted by Gasteiger charge is 2.31. The van der Waals surface area contributed by atoms with Gasteiger partial charge in [-0.15, -0.1) is 0 Å². The lowest BCUT2D eigenvalue weighted by molar-refractivity contribution is 0.0905. The molecule has 0 fully saturated rings. The first-order valence-electron chi connectivity index (χ1n) is 11.0. The van der Waals surface area contributed by atoms with Gasteiger partial charge in [0.15, 0.2) is 5.69 Å². The van der Waals surface area contributed by atoms with Crippen molar-refractivity contribution in [2.75, 3.05) is 20.7 Å². The molecule has 0 radical (unpaired) electrons. The predicted octanol–water partition coefficient (Wildman–Crippen LogP) is 4.99. The van der Waals surface area contributed by atoms with Gasteiger partial charge in [-0.25, -0.2) is 13.8 Å². The number of fused-ring (bicyclic) bond motifs is 1. The Balaban J connectivity index is 1.75. The molecule has 0 bridgehead atoms. The zero-order valence-corrected chi connectivity index (χ0v) is 20.3. The standard InChI is InChI=1S/C25H27ClF2N4O2/c1-25(2,15-6-8-16(34-4)9-7-15)30-24(33)22-21-14-31(3)10-5-11-32(21)23(29-22)17-12-18(26)20(28)13-19(17)27/h6-9,12-13H,5,10-11,14H2,1-4H3,(H,30,33). The molecular weight excluding hydrogens is 462 g/mol. The molecule has 1 aromatic heterocycles. The van der Waals surface area contributed by atoms with Crippen molar-refractivity contribution in [1.29, 1.82) is 0 Å². The van der Waals surface area contributed by atoms with Gasteiger partial charge in [0.25, 0.3) is 5.91 Å². The number of imidazole rings is 1. The molecule has 1 N–H and O–H groups in total. The number of hydrogen-bond acceptors (Lipinski definition) is 4. The van der Waals surface area contributed by atoms with E-state index in [1.807, 2.05) is 49.7 Å². The number of hydrogen-bond donors (Lipinski definition) is 1. The minimum atomic E-state index is -0.843. The third-order valence-corrected chi connectivity index (χ3v) is 6.41. The third-order valence-electron chi connectivity index (χ3n) is 6.12. The summed E-state index contributed by atoms with van der Waals surface area (Å²) >= 11 is 5.95. The van der Waals surface area contributed by atoms with Gasteiger partial charge < -0.3 is 19.5 Å². The van der Waals surface area contributed by atoms with Crippen molar-refractivity contribution >= 4 is 17.5 Å². The highest BCUT2D eigenvalue weighted by molar-refractivity contribution is 6.31. The van der Waals surface area contributed by atoms with Crippen molar-refractivity contribution in [2.24, 2.45) is 0 Å². The van der Waals surface area contributed by atoms with Crippen molar-refractivity contribution in [1.82, 2.24) is 19.8 Å². The van der Waals surface area contributed by atoms with E-state index in [1.165, 1.54) is 6.07 Å². The minimum absolute atomic E-state index is 0.0608. The number of ether oxygens (including phenoxy) is 1. The van der Waals surface area contributed by atoms with E-state index in [9.17, 15) is 13.6 Å². The molecule has 0 aliphatic carbocycles. The van der Waals surface area contributed by atoms with Crippen LogP contribution < -0.4 is 10.1 Å². The second-order valence-electron chi connectivity index (χ2n) is 9.03. The number of carbonyl (C=O) groups is 1. The summed E-state index contributed by atoms with van der Waals surface area (Å²) in [6.45, 7) is 5.62. The van der Waals surface area contributed by atoms with E-state index < -0.39 is 17.2 Å². The summed E-state index contributed by atoms with van der Waals surface area (Å²) < 4.78 is 35.6. The fourth-order valence-corrected chi connectivity index (χ4v) is 4.39. The quantitative estimate of drug-likeness (QED) is 0.514. The Labute approximate surface area is 202 Å². The van der Waals surface area contributed by atoms with Crippen LogP contribution in [0.2, 0.25) is 5.02 Å². The molecule has 0 saturated heterocycles. The molecule has 1 aliphatic heterocycles. The fourth-order valence-electron chi connectivity index (χ4n) is 4.23. The molecule has 1 amide bonds. The van der Waals surface area contributed by atoms with Crippen LogP contribution in [0.3, 0.4) is 0 Å². The molecule has 9 heteroatoms. The lowest BCUT2D eigenvalue weighted by atomic mass is 9.94. The van der Waals surface area contributed by atoms with Crippen LogP contribution in [0.1, 0.15) is 42.0 Å². The summed E-state index contributed by atoms with van der Waals surface area (Å²) in [7, 11) is 3.55. The SMILES string of the molecule is COc1ccc(C(C)(C)NC(=O)c2nc(-c3cc(Cl)c(F)cc3F)n3c2CN(C)CCC3)cc1. The first-order chi connectivity index (χ1) is 16.1. The predicted molar refractivity (Wildman–Crippen MR) is 127 cm³/mol. The molecule has 6 nitrogen and oxygen atoms in total. The van der Waals surface area contributed by atoms with Crippen LogP contribution in [-0.2, 0) is 18.6 Å². The zero-order valence-electron chi connectivity index (χ0n) is 19.6. The van der Waals surface area contributed by atoms with Crippen LogP contribution in [0.4, 0.5) is 8.78 Å². The molecule has 1 aliphatic rings. The maximum atomic E-state index is 14.8. The smallest absolute Gasteiger partial charge is 0.272 e. The molecule has 2 aromatic carbocycles. The number of nitrogens with zero attached hydrogens (tertiary/aromatic N) is 3. The van der Waals surface area contributed by atoms with Gasteiger partial charge in [-0.05, 0) is 57.6 Å². The van der Waals surface area contributed by atoms with E-state index in [4.69, 9.17) is 16.3 Å². The summed E-state index contributed by atoms with van der Waals surface area (Å²) in [5.41, 5.74) is 1.13. The van der Waals surface area contributed by atoms with Gasteiger partial charge in [-0.1, -0.05) is 23.7 Å². The second kappa shape index (κ2) is 9.35. The Bertz CT molecular complexity index is 1220. The number of carbonyl (C=O) groups excluding carboxylic acids is 1. The Kier molecular flexibility index (Phi) is 6.64. The molecule has 0 spiro atoms. The lowest BCUT2D eigenvalue weighted by Gasteiger charge is -2.27. The van der Waals surface area contributed by atoms with Gasteiger partial charge in [-0.3, -0.25) is 4.79 Å². The monoisotopic (exact) mass is 488 g/mol. The molecule has 0 atom stereocenters. The van der Waals surface area contributed by atoms with Gasteiger partial charge in [0.1, 0.15) is 23.2 Å². The number of methoxy groups -OCH3 is 1. The lowest BCUT2D eigenvalue weighted by Crippen LogP contribution is -2.41. The third kappa shape index (κ3) is 4.65. The van der Waals surface area contributed by atoms with Crippen molar-refractivity contribution in [3.8, 4) is 17.1 Å². The second-order valence-corrected chi connectivity index (χ2v) is 9.43. The number of amides is 1. The van der Waals surface area contributed by atoms with E-state index in [0.717, 1.165) is 30.3 Å². The van der Waals surface area contributed by atoms with Gasteiger partial charge in [0, 0.05) is 19.2 Å². The van der Waals surface area contributed by atoms with Crippen LogP contribution in [0, 0.1) is 11.6 Å². The maximum Gasteiger partial charge on any atom is 0.272 e. The zero-order chi connectivity index (χ0) is 24.6. The number of rotatable bonds is 5. The Morgan fingerprint density at radius 3 is 2.53 bits per heavy atom. The summed E-state index contributed by atoms with van der Waals surface area (Å²) in [6, 6.07) is 9.41. The summed E-state index contributed by atoms with van der Waals surface area (Å²) in [5.74, 6) is -1.02. The summed E-state index contributed by atoms with van der Waals surface area (Å²) in [6.07, 6.45) is 0.793. The largest absolute Gasteiger partial charge is 0.497 e. The molecular formula is C25H27ClF2N4O2. The van der Waals surface area contributed by atoms with Crippen LogP contribution >= 0.6 is 11.6 Å². The normalized spacial score (nSPS) is 14.4. The Morgan fingerprint density at radius 2 is 1.85 bits per heavy atom. The molecule has 4 rings (SSSR count). The fraction of sp³-hybridized carbons (Fsp3) is 0.360. The van der Waals surface area contributed by atoms with Crippen molar-refractivity contribution in [3.63, 3.8) is 0 Å². The number of halogens is 3. The maximum absolute atomic E-state index is 14.8. The topological polar surface area (TPSA) is 59.4 Å². The van der Waals surface area contributed by atoms with E-state index in [2.05, 4.69) is 15.2 Å². The van der Waals surface area contributed by atoms with Crippen LogP contribution in [0.25, 0.3) is 11.4 Å². The molecule has 0 unspecified atom stereocenters. The van der Waals surface area contributed by atoms with Gasteiger partial charge in [-0.2, -0.15) is 0 Å². The van der Waals surface area contributed by atoms with E-state index in [0.29, 0.717) is 18.8 Å². The van der Waals surface area contributed by atoms with Crippen LogP contribution in [0.15, 0.2) is 36.4 Å². The van der Waals surface area contributed by atoms with Gasteiger partial charge in [0.05, 0.1) is 28.9 Å². The van der Waals surface area contributed by atoms with Crippen molar-refractivity contribution in [3.05, 3.63) is 70.0 Å². The van der Waals surface area contributed by atoms with Crippen molar-refractivity contribution < 1.29 is 18.3 Å². The van der Waals surface area contributed by atoms with Gasteiger partial charge in [0.2, 0.25) is 0 Å². The average Bonchev–Trinajstić information content (AvgIpc) is 3.02. The molecule has 34 heavy (non-hydrogen) atoms. The Hall–Kier alpha value is -2.97. The van der Waals surface area contributed by atoms with E-state index in [-0.39, 0.29) is 28.0 Å². The number of aromatic nitrogens is 2. The molecule has 180 valence electrons. The highest BCUT2D eigenvalue weighted by Crippen LogP contribution is 2.32. The van der Waals surface area contributed by atoms with Gasteiger partial charge >= 0.3 is 0 Å². The van der Waals surface area contributed by atoms with E-state index in [1.54, 1.807) is 7.11 Å². The minimum Gasteiger partial charge on any atom is -0.497 e. The highest BCUT2D eigenvalue weighted by atomic mass is 35.5. The number of benzene rings is 2. The van der Waals surface area contributed by atoms with E-state index >= 15 is 0 Å². The molecule has 0 saturated carbocycles. The first-order valence-corrected chi connectivity index (χ1v) is 11.4. The average molecular weight is 489 g/mol. The summed E-state index contributed by atoms with van der Waals surface area (Å²) in [4.78, 5) is 20.1. The van der Waals surface area contributed by atoms with Crippen LogP contribution in [0.5, 0.6) is 5.75 Å². The van der Waals surface area contributed by atoms with Crippen LogP contribution in [-0.4, -0.2) is 41.1 Å². The Morgan fingerprint density at radius 1 is 1.15 bits per heavy atom.